The number of likely N-dealkylation sites (tertiary alicyclic amines) is 1. The second kappa shape index (κ2) is 6.18. The fourth-order valence-electron chi connectivity index (χ4n) is 2.09. The van der Waals surface area contributed by atoms with Crippen molar-refractivity contribution < 1.29 is 14.0 Å². The number of urea groups is 1. The van der Waals surface area contributed by atoms with E-state index < -0.39 is 0 Å². The third kappa shape index (κ3) is 3.57. The molecule has 1 aromatic rings. The van der Waals surface area contributed by atoms with E-state index in [0.29, 0.717) is 25.2 Å². The van der Waals surface area contributed by atoms with E-state index in [2.05, 4.69) is 17.2 Å². The third-order valence-corrected chi connectivity index (χ3v) is 3.11. The summed E-state index contributed by atoms with van der Waals surface area (Å²) in [6, 6.07) is 5.06. The lowest BCUT2D eigenvalue weighted by molar-refractivity contribution is -0.125. The molecule has 0 aliphatic carbocycles. The molecular weight excluding hydrogens is 261 g/mol. The summed E-state index contributed by atoms with van der Waals surface area (Å²) < 4.78 is 12.7. The fraction of sp³-hybridized carbons (Fsp3) is 0.286. The lowest BCUT2D eigenvalue weighted by Crippen LogP contribution is -2.40. The van der Waals surface area contributed by atoms with Crippen LogP contribution in [-0.2, 0) is 4.79 Å². The number of hydrogen-bond donors (Lipinski definition) is 2. The lowest BCUT2D eigenvalue weighted by Gasteiger charge is -2.15. The number of carbonyl (C=O) groups is 2. The summed E-state index contributed by atoms with van der Waals surface area (Å²) in [7, 11) is 0. The van der Waals surface area contributed by atoms with Crippen LogP contribution in [0.2, 0.25) is 0 Å². The van der Waals surface area contributed by atoms with Crippen molar-refractivity contribution in [1.82, 2.24) is 10.2 Å². The Bertz CT molecular complexity index is 516. The van der Waals surface area contributed by atoms with Gasteiger partial charge in [0.05, 0.1) is 0 Å². The molecule has 1 heterocycles. The van der Waals surface area contributed by atoms with Crippen LogP contribution in [0.15, 0.2) is 36.9 Å². The minimum Gasteiger partial charge on any atom is -0.337 e. The molecule has 1 aliphatic heterocycles. The van der Waals surface area contributed by atoms with Crippen LogP contribution in [0.5, 0.6) is 0 Å². The van der Waals surface area contributed by atoms with Gasteiger partial charge in [-0.25, -0.2) is 9.18 Å². The molecule has 3 amide bonds. The SMILES string of the molecule is C=CC(=O)N1CCC(NC(=O)Nc2ccc(F)cc2)C1. The Morgan fingerprint density at radius 2 is 2.05 bits per heavy atom. The van der Waals surface area contributed by atoms with E-state index in [4.69, 9.17) is 0 Å². The van der Waals surface area contributed by atoms with Crippen molar-refractivity contribution in [3.63, 3.8) is 0 Å². The molecule has 0 saturated carbocycles. The van der Waals surface area contributed by atoms with Crippen LogP contribution in [-0.4, -0.2) is 36.0 Å². The molecule has 1 aliphatic rings. The Morgan fingerprint density at radius 1 is 1.35 bits per heavy atom. The molecule has 5 nitrogen and oxygen atoms in total. The summed E-state index contributed by atoms with van der Waals surface area (Å²) >= 11 is 0. The van der Waals surface area contributed by atoms with Crippen molar-refractivity contribution in [3.05, 3.63) is 42.7 Å². The van der Waals surface area contributed by atoms with E-state index in [1.54, 1.807) is 4.90 Å². The van der Waals surface area contributed by atoms with E-state index in [0.717, 1.165) is 0 Å². The summed E-state index contributed by atoms with van der Waals surface area (Å²) in [5, 5.41) is 5.39. The summed E-state index contributed by atoms with van der Waals surface area (Å²) in [5.41, 5.74) is 0.515. The first-order valence-electron chi connectivity index (χ1n) is 6.33. The van der Waals surface area contributed by atoms with Crippen molar-refractivity contribution >= 4 is 17.6 Å². The second-order valence-corrected chi connectivity index (χ2v) is 4.58. The fourth-order valence-corrected chi connectivity index (χ4v) is 2.09. The van der Waals surface area contributed by atoms with E-state index in [9.17, 15) is 14.0 Å². The average Bonchev–Trinajstić information content (AvgIpc) is 2.89. The number of hydrogen-bond acceptors (Lipinski definition) is 2. The van der Waals surface area contributed by atoms with Crippen LogP contribution in [0.4, 0.5) is 14.9 Å². The molecule has 0 radical (unpaired) electrons. The predicted octanol–water partition coefficient (Wildman–Crippen LogP) is 1.73. The number of halogens is 1. The van der Waals surface area contributed by atoms with Crippen molar-refractivity contribution in [2.24, 2.45) is 0 Å². The van der Waals surface area contributed by atoms with Gasteiger partial charge in [-0.05, 0) is 36.8 Å². The zero-order chi connectivity index (χ0) is 14.5. The van der Waals surface area contributed by atoms with Gasteiger partial charge < -0.3 is 15.5 Å². The van der Waals surface area contributed by atoms with Crippen molar-refractivity contribution in [2.75, 3.05) is 18.4 Å². The molecular formula is C14H16FN3O2. The first-order valence-corrected chi connectivity index (χ1v) is 6.33. The number of anilines is 1. The van der Waals surface area contributed by atoms with Gasteiger partial charge in [-0.3, -0.25) is 4.79 Å². The average molecular weight is 277 g/mol. The Balaban J connectivity index is 1.82. The maximum absolute atomic E-state index is 12.7. The molecule has 0 spiro atoms. The number of carbonyl (C=O) groups excluding carboxylic acids is 2. The topological polar surface area (TPSA) is 61.4 Å². The number of benzene rings is 1. The minimum atomic E-state index is -0.366. The standard InChI is InChI=1S/C14H16FN3O2/c1-2-13(19)18-8-7-12(9-18)17-14(20)16-11-5-3-10(15)4-6-11/h2-6,12H,1,7-9H2,(H2,16,17,20). The highest BCUT2D eigenvalue weighted by atomic mass is 19.1. The molecule has 20 heavy (non-hydrogen) atoms. The highest BCUT2D eigenvalue weighted by molar-refractivity contribution is 5.90. The normalized spacial score (nSPS) is 17.6. The first kappa shape index (κ1) is 14.0. The van der Waals surface area contributed by atoms with Crippen LogP contribution in [0.3, 0.4) is 0 Å². The van der Waals surface area contributed by atoms with Crippen LogP contribution in [0.1, 0.15) is 6.42 Å². The van der Waals surface area contributed by atoms with Gasteiger partial charge in [-0.1, -0.05) is 6.58 Å². The highest BCUT2D eigenvalue weighted by Crippen LogP contribution is 2.11. The molecule has 0 bridgehead atoms. The number of rotatable bonds is 3. The van der Waals surface area contributed by atoms with Crippen molar-refractivity contribution in [1.29, 1.82) is 0 Å². The van der Waals surface area contributed by atoms with Crippen molar-refractivity contribution in [2.45, 2.75) is 12.5 Å². The van der Waals surface area contributed by atoms with Gasteiger partial charge in [-0.2, -0.15) is 0 Å². The highest BCUT2D eigenvalue weighted by Gasteiger charge is 2.25. The van der Waals surface area contributed by atoms with Gasteiger partial charge >= 0.3 is 6.03 Å². The second-order valence-electron chi connectivity index (χ2n) is 4.58. The Morgan fingerprint density at radius 3 is 2.70 bits per heavy atom. The number of amides is 3. The lowest BCUT2D eigenvalue weighted by atomic mass is 10.3. The van der Waals surface area contributed by atoms with Gasteiger partial charge in [0.1, 0.15) is 5.82 Å². The molecule has 1 atom stereocenters. The van der Waals surface area contributed by atoms with Gasteiger partial charge in [0, 0.05) is 24.8 Å². The monoisotopic (exact) mass is 277 g/mol. The van der Waals surface area contributed by atoms with Crippen LogP contribution in [0.25, 0.3) is 0 Å². The first-order chi connectivity index (χ1) is 9.58. The molecule has 0 aromatic heterocycles. The molecule has 1 fully saturated rings. The molecule has 1 saturated heterocycles. The molecule has 1 unspecified atom stereocenters. The van der Waals surface area contributed by atoms with Crippen LogP contribution >= 0.6 is 0 Å². The summed E-state index contributed by atoms with van der Waals surface area (Å²) in [6.45, 7) is 4.51. The molecule has 2 rings (SSSR count). The van der Waals surface area contributed by atoms with Gasteiger partial charge in [0.2, 0.25) is 5.91 Å². The van der Waals surface area contributed by atoms with Crippen LogP contribution < -0.4 is 10.6 Å². The Kier molecular flexibility index (Phi) is 4.34. The maximum Gasteiger partial charge on any atom is 0.319 e. The summed E-state index contributed by atoms with van der Waals surface area (Å²) in [4.78, 5) is 24.8. The van der Waals surface area contributed by atoms with Gasteiger partial charge in [-0.15, -0.1) is 0 Å². The Hall–Kier alpha value is -2.37. The maximum atomic E-state index is 12.7. The summed E-state index contributed by atoms with van der Waals surface area (Å²) in [6.07, 6.45) is 1.97. The zero-order valence-corrected chi connectivity index (χ0v) is 10.9. The third-order valence-electron chi connectivity index (χ3n) is 3.11. The molecule has 106 valence electrons. The van der Waals surface area contributed by atoms with Gasteiger partial charge in [0.15, 0.2) is 0 Å². The van der Waals surface area contributed by atoms with Crippen LogP contribution in [0, 0.1) is 5.82 Å². The number of nitrogens with zero attached hydrogens (tertiary/aromatic N) is 1. The quantitative estimate of drug-likeness (QED) is 0.827. The smallest absolute Gasteiger partial charge is 0.319 e. The number of nitrogens with one attached hydrogen (secondary N) is 2. The van der Waals surface area contributed by atoms with Gasteiger partial charge in [0.25, 0.3) is 0 Å². The Labute approximate surface area is 116 Å². The molecule has 6 heteroatoms. The molecule has 1 aromatic carbocycles. The molecule has 2 N–H and O–H groups in total. The minimum absolute atomic E-state index is 0.0839. The van der Waals surface area contributed by atoms with E-state index in [-0.39, 0.29) is 23.8 Å². The predicted molar refractivity (Wildman–Crippen MR) is 73.7 cm³/mol. The summed E-state index contributed by atoms with van der Waals surface area (Å²) in [5.74, 6) is -0.487. The van der Waals surface area contributed by atoms with E-state index in [1.807, 2.05) is 0 Å². The zero-order valence-electron chi connectivity index (χ0n) is 10.9. The van der Waals surface area contributed by atoms with E-state index >= 15 is 0 Å². The van der Waals surface area contributed by atoms with E-state index in [1.165, 1.54) is 30.3 Å². The largest absolute Gasteiger partial charge is 0.337 e. The van der Waals surface area contributed by atoms with Crippen molar-refractivity contribution in [3.8, 4) is 0 Å².